The molecular weight excluding hydrogens is 269 g/mol. The first-order chi connectivity index (χ1) is 9.52. The number of rotatable bonds is 3. The molecule has 110 valence electrons. The Morgan fingerprint density at radius 1 is 1.25 bits per heavy atom. The van der Waals surface area contributed by atoms with Crippen LogP contribution in [0.4, 0.5) is 13.2 Å². The smallest absolute Gasteiger partial charge is 0.259 e. The third-order valence-corrected chi connectivity index (χ3v) is 3.50. The summed E-state index contributed by atoms with van der Waals surface area (Å²) in [5.41, 5.74) is -0.673. The predicted octanol–water partition coefficient (Wildman–Crippen LogP) is 2.32. The average Bonchev–Trinajstić information content (AvgIpc) is 2.38. The van der Waals surface area contributed by atoms with Crippen LogP contribution in [-0.4, -0.2) is 36.5 Å². The molecule has 3 nitrogen and oxygen atoms in total. The third kappa shape index (κ3) is 3.12. The number of hydrogen-bond donors (Lipinski definition) is 1. The van der Waals surface area contributed by atoms with Gasteiger partial charge in [-0.05, 0) is 19.4 Å². The third-order valence-electron chi connectivity index (χ3n) is 3.50. The lowest BCUT2D eigenvalue weighted by Crippen LogP contribution is -2.45. The number of carbonyl (C=O) groups is 1. The van der Waals surface area contributed by atoms with Gasteiger partial charge in [0.05, 0.1) is 0 Å². The van der Waals surface area contributed by atoms with Gasteiger partial charge in [-0.15, -0.1) is 0 Å². The van der Waals surface area contributed by atoms with Crippen molar-refractivity contribution in [2.24, 2.45) is 0 Å². The number of amides is 1. The van der Waals surface area contributed by atoms with Crippen LogP contribution in [0.5, 0.6) is 0 Å². The summed E-state index contributed by atoms with van der Waals surface area (Å²) in [4.78, 5) is 13.5. The zero-order chi connectivity index (χ0) is 14.7. The lowest BCUT2D eigenvalue weighted by molar-refractivity contribution is 0.0696. The molecule has 1 aliphatic heterocycles. The molecule has 2 rings (SSSR count). The molecule has 1 saturated heterocycles. The van der Waals surface area contributed by atoms with Gasteiger partial charge in [0, 0.05) is 31.3 Å². The fourth-order valence-corrected chi connectivity index (χ4v) is 2.48. The number of nitrogens with zero attached hydrogens (tertiary/aromatic N) is 1. The zero-order valence-corrected chi connectivity index (χ0v) is 11.3. The Balaban J connectivity index is 2.10. The molecule has 20 heavy (non-hydrogen) atoms. The first kappa shape index (κ1) is 14.8. The molecule has 0 radical (unpaired) electrons. The highest BCUT2D eigenvalue weighted by atomic mass is 19.1. The second kappa shape index (κ2) is 6.26. The molecule has 0 aliphatic carbocycles. The van der Waals surface area contributed by atoms with Crippen molar-refractivity contribution in [2.75, 3.05) is 19.6 Å². The van der Waals surface area contributed by atoms with E-state index in [1.54, 1.807) is 0 Å². The summed E-state index contributed by atoms with van der Waals surface area (Å²) in [7, 11) is 0. The molecule has 1 aliphatic rings. The topological polar surface area (TPSA) is 32.3 Å². The Kier molecular flexibility index (Phi) is 4.65. The molecular formula is C14H17F3N2O. The van der Waals surface area contributed by atoms with Crippen LogP contribution >= 0.6 is 0 Å². The lowest BCUT2D eigenvalue weighted by Gasteiger charge is -2.32. The van der Waals surface area contributed by atoms with E-state index in [0.717, 1.165) is 19.4 Å². The summed E-state index contributed by atoms with van der Waals surface area (Å²) in [5, 5.41) is 3.28. The average molecular weight is 286 g/mol. The number of halogens is 3. The van der Waals surface area contributed by atoms with E-state index in [2.05, 4.69) is 5.32 Å². The van der Waals surface area contributed by atoms with Gasteiger partial charge in [-0.1, -0.05) is 6.92 Å². The van der Waals surface area contributed by atoms with Gasteiger partial charge in [0.2, 0.25) is 0 Å². The molecule has 0 aromatic heterocycles. The molecule has 0 atom stereocenters. The first-order valence-corrected chi connectivity index (χ1v) is 6.70. The first-order valence-electron chi connectivity index (χ1n) is 6.70. The Labute approximate surface area is 115 Å². The normalized spacial score (nSPS) is 16.5. The van der Waals surface area contributed by atoms with Crippen molar-refractivity contribution in [3.05, 3.63) is 35.1 Å². The van der Waals surface area contributed by atoms with Crippen molar-refractivity contribution < 1.29 is 18.0 Å². The summed E-state index contributed by atoms with van der Waals surface area (Å²) in [6.07, 6.45) is 1.48. The van der Waals surface area contributed by atoms with Crippen molar-refractivity contribution in [2.45, 2.75) is 25.8 Å². The standard InChI is InChI=1S/C14H17F3N2O/c1-2-18-10-3-5-19(6-4-10)14(20)13-11(16)7-9(15)8-12(13)17/h7-8,10,18H,2-6H2,1H3. The van der Waals surface area contributed by atoms with Crippen LogP contribution in [0, 0.1) is 17.5 Å². The van der Waals surface area contributed by atoms with Crippen LogP contribution < -0.4 is 5.32 Å². The van der Waals surface area contributed by atoms with E-state index in [-0.39, 0.29) is 0 Å². The minimum Gasteiger partial charge on any atom is -0.338 e. The highest BCUT2D eigenvalue weighted by Gasteiger charge is 2.27. The van der Waals surface area contributed by atoms with Crippen LogP contribution in [0.2, 0.25) is 0 Å². The molecule has 0 saturated carbocycles. The summed E-state index contributed by atoms with van der Waals surface area (Å²) in [6, 6.07) is 1.38. The maximum atomic E-state index is 13.6. The molecule has 1 N–H and O–H groups in total. The van der Waals surface area contributed by atoms with Gasteiger partial charge in [-0.3, -0.25) is 4.79 Å². The van der Waals surface area contributed by atoms with Crippen LogP contribution in [0.3, 0.4) is 0 Å². The minimum atomic E-state index is -1.15. The van der Waals surface area contributed by atoms with Crippen LogP contribution in [0.15, 0.2) is 12.1 Å². The number of likely N-dealkylation sites (tertiary alicyclic amines) is 1. The van der Waals surface area contributed by atoms with E-state index in [4.69, 9.17) is 0 Å². The fraction of sp³-hybridized carbons (Fsp3) is 0.500. The quantitative estimate of drug-likeness (QED) is 0.925. The fourth-order valence-electron chi connectivity index (χ4n) is 2.48. The maximum Gasteiger partial charge on any atom is 0.259 e. The molecule has 6 heteroatoms. The van der Waals surface area contributed by atoms with E-state index < -0.39 is 28.9 Å². The summed E-state index contributed by atoms with van der Waals surface area (Å²) in [6.45, 7) is 3.72. The highest BCUT2D eigenvalue weighted by molar-refractivity contribution is 5.94. The summed E-state index contributed by atoms with van der Waals surface area (Å²) < 4.78 is 40.0. The molecule has 1 amide bonds. The SMILES string of the molecule is CCNC1CCN(C(=O)c2c(F)cc(F)cc2F)CC1. The van der Waals surface area contributed by atoms with Crippen molar-refractivity contribution in [1.82, 2.24) is 10.2 Å². The second-order valence-corrected chi connectivity index (χ2v) is 4.87. The monoisotopic (exact) mass is 286 g/mol. The van der Waals surface area contributed by atoms with Crippen molar-refractivity contribution in [1.29, 1.82) is 0 Å². The molecule has 1 fully saturated rings. The summed E-state index contributed by atoms with van der Waals surface area (Å²) in [5.74, 6) is -4.04. The van der Waals surface area contributed by atoms with Gasteiger partial charge >= 0.3 is 0 Å². The maximum absolute atomic E-state index is 13.6. The van der Waals surface area contributed by atoms with Gasteiger partial charge < -0.3 is 10.2 Å². The number of hydrogen-bond acceptors (Lipinski definition) is 2. The van der Waals surface area contributed by atoms with E-state index >= 15 is 0 Å². The van der Waals surface area contributed by atoms with Crippen molar-refractivity contribution in [3.63, 3.8) is 0 Å². The Morgan fingerprint density at radius 3 is 2.30 bits per heavy atom. The number of nitrogens with one attached hydrogen (secondary N) is 1. The van der Waals surface area contributed by atoms with Gasteiger partial charge in [0.15, 0.2) is 0 Å². The summed E-state index contributed by atoms with van der Waals surface area (Å²) >= 11 is 0. The molecule has 0 unspecified atom stereocenters. The molecule has 0 bridgehead atoms. The van der Waals surface area contributed by atoms with Gasteiger partial charge in [0.25, 0.3) is 5.91 Å². The molecule has 1 heterocycles. The van der Waals surface area contributed by atoms with E-state index in [1.165, 1.54) is 4.90 Å². The number of benzene rings is 1. The van der Waals surface area contributed by atoms with Crippen LogP contribution in [0.1, 0.15) is 30.1 Å². The molecule has 1 aromatic carbocycles. The van der Waals surface area contributed by atoms with Crippen LogP contribution in [0.25, 0.3) is 0 Å². The van der Waals surface area contributed by atoms with Gasteiger partial charge in [-0.25, -0.2) is 13.2 Å². The van der Waals surface area contributed by atoms with E-state index in [9.17, 15) is 18.0 Å². The van der Waals surface area contributed by atoms with E-state index in [1.807, 2.05) is 6.92 Å². The Hall–Kier alpha value is -1.56. The predicted molar refractivity (Wildman–Crippen MR) is 68.9 cm³/mol. The van der Waals surface area contributed by atoms with Gasteiger partial charge in [0.1, 0.15) is 23.0 Å². The number of piperidine rings is 1. The zero-order valence-electron chi connectivity index (χ0n) is 11.3. The highest BCUT2D eigenvalue weighted by Crippen LogP contribution is 2.19. The minimum absolute atomic E-state index is 0.326. The molecule has 1 aromatic rings. The van der Waals surface area contributed by atoms with Crippen molar-refractivity contribution >= 4 is 5.91 Å². The largest absolute Gasteiger partial charge is 0.338 e. The van der Waals surface area contributed by atoms with Crippen molar-refractivity contribution in [3.8, 4) is 0 Å². The number of carbonyl (C=O) groups excluding carboxylic acids is 1. The van der Waals surface area contributed by atoms with E-state index in [0.29, 0.717) is 31.3 Å². The Morgan fingerprint density at radius 2 is 1.80 bits per heavy atom. The second-order valence-electron chi connectivity index (χ2n) is 4.87. The van der Waals surface area contributed by atoms with Crippen LogP contribution in [-0.2, 0) is 0 Å². The lowest BCUT2D eigenvalue weighted by atomic mass is 10.0. The Bertz CT molecular complexity index is 476. The van der Waals surface area contributed by atoms with Gasteiger partial charge in [-0.2, -0.15) is 0 Å². The molecule has 0 spiro atoms.